The monoisotopic (exact) mass is 358 g/mol. The molecule has 134 valence electrons. The highest BCUT2D eigenvalue weighted by Crippen LogP contribution is 2.23. The fourth-order valence-electron chi connectivity index (χ4n) is 2.61. The lowest BCUT2D eigenvalue weighted by molar-refractivity contribution is 0.450. The molecule has 27 heavy (non-hydrogen) atoms. The van der Waals surface area contributed by atoms with Crippen LogP contribution in [0.3, 0.4) is 0 Å². The molecule has 5 nitrogen and oxygen atoms in total. The van der Waals surface area contributed by atoms with E-state index < -0.39 is 0 Å². The zero-order valence-electron chi connectivity index (χ0n) is 14.4. The summed E-state index contributed by atoms with van der Waals surface area (Å²) in [4.78, 5) is 0. The molecule has 0 aliphatic heterocycles. The topological polar surface area (TPSA) is 96.5 Å². The molecule has 0 saturated carbocycles. The van der Waals surface area contributed by atoms with Crippen molar-refractivity contribution < 1.29 is 15.3 Å². The minimum atomic E-state index is 0.0120. The van der Waals surface area contributed by atoms with Gasteiger partial charge in [-0.2, -0.15) is 5.26 Å². The summed E-state index contributed by atoms with van der Waals surface area (Å²) < 4.78 is 0. The van der Waals surface area contributed by atoms with Crippen LogP contribution in [-0.4, -0.2) is 15.3 Å². The van der Waals surface area contributed by atoms with Crippen LogP contribution in [0.5, 0.6) is 17.2 Å². The van der Waals surface area contributed by atoms with Gasteiger partial charge in [-0.3, -0.25) is 0 Å². The molecule has 0 aliphatic rings. The van der Waals surface area contributed by atoms with E-state index in [9.17, 15) is 15.3 Å². The summed E-state index contributed by atoms with van der Waals surface area (Å²) in [7, 11) is 0. The quantitative estimate of drug-likeness (QED) is 0.505. The van der Waals surface area contributed by atoms with Gasteiger partial charge in [0.05, 0.1) is 11.6 Å². The molecule has 3 aromatic carbocycles. The molecular weight excluding hydrogens is 340 g/mol. The highest BCUT2D eigenvalue weighted by Gasteiger charge is 2.03. The first-order chi connectivity index (χ1) is 13.0. The van der Waals surface area contributed by atoms with Gasteiger partial charge in [0.2, 0.25) is 0 Å². The molecule has 0 aliphatic carbocycles. The first-order valence-electron chi connectivity index (χ1n) is 8.30. The van der Waals surface area contributed by atoms with Gasteiger partial charge in [0.1, 0.15) is 17.2 Å². The van der Waals surface area contributed by atoms with Crippen molar-refractivity contribution in [1.29, 1.82) is 5.26 Å². The molecule has 0 unspecified atom stereocenters. The zero-order valence-corrected chi connectivity index (χ0v) is 14.4. The Hall–Kier alpha value is -3.91. The number of phenolic OH excluding ortho intramolecular Hbond substituents is 3. The van der Waals surface area contributed by atoms with Crippen LogP contribution in [0.25, 0.3) is 12.2 Å². The molecule has 0 aromatic heterocycles. The number of nitrogens with zero attached hydrogens (tertiary/aromatic N) is 1. The zero-order chi connectivity index (χ0) is 19.2. The van der Waals surface area contributed by atoms with E-state index in [2.05, 4.69) is 11.4 Å². The number of hydrogen-bond acceptors (Lipinski definition) is 5. The second-order valence-electron chi connectivity index (χ2n) is 6.05. The molecule has 0 bridgehead atoms. The Balaban J connectivity index is 1.65. The van der Waals surface area contributed by atoms with Crippen molar-refractivity contribution in [2.75, 3.05) is 5.32 Å². The van der Waals surface area contributed by atoms with Crippen LogP contribution in [0.1, 0.15) is 22.3 Å². The first-order valence-corrected chi connectivity index (χ1v) is 8.30. The van der Waals surface area contributed by atoms with Gasteiger partial charge in [-0.05, 0) is 53.6 Å². The van der Waals surface area contributed by atoms with E-state index in [1.807, 2.05) is 30.3 Å². The van der Waals surface area contributed by atoms with E-state index in [4.69, 9.17) is 5.26 Å². The van der Waals surface area contributed by atoms with Crippen molar-refractivity contribution in [2.24, 2.45) is 0 Å². The molecular formula is C22H18N2O3. The molecule has 0 radical (unpaired) electrons. The average molecular weight is 358 g/mol. The number of anilines is 1. The summed E-state index contributed by atoms with van der Waals surface area (Å²) in [6.07, 6.45) is 3.67. The highest BCUT2D eigenvalue weighted by atomic mass is 16.3. The maximum atomic E-state index is 9.88. The third-order valence-electron chi connectivity index (χ3n) is 4.00. The fourth-order valence-corrected chi connectivity index (χ4v) is 2.61. The minimum Gasteiger partial charge on any atom is -0.508 e. The lowest BCUT2D eigenvalue weighted by Gasteiger charge is -2.09. The van der Waals surface area contributed by atoms with E-state index in [0.717, 1.165) is 11.3 Å². The van der Waals surface area contributed by atoms with Gasteiger partial charge >= 0.3 is 0 Å². The third kappa shape index (κ3) is 4.80. The van der Waals surface area contributed by atoms with Gasteiger partial charge in [0.25, 0.3) is 0 Å². The lowest BCUT2D eigenvalue weighted by Crippen LogP contribution is -2.00. The number of benzene rings is 3. The van der Waals surface area contributed by atoms with Gasteiger partial charge < -0.3 is 20.6 Å². The summed E-state index contributed by atoms with van der Waals surface area (Å²) >= 11 is 0. The second kappa shape index (κ2) is 7.98. The number of aromatic hydroxyl groups is 3. The van der Waals surface area contributed by atoms with Gasteiger partial charge in [-0.25, -0.2) is 0 Å². The fraction of sp³-hybridized carbons (Fsp3) is 0.0455. The maximum absolute atomic E-state index is 9.88. The minimum absolute atomic E-state index is 0.0120. The highest BCUT2D eigenvalue weighted by molar-refractivity contribution is 5.71. The number of rotatable bonds is 5. The molecule has 0 atom stereocenters. The molecule has 4 N–H and O–H groups in total. The normalized spacial score (nSPS) is 10.6. The predicted octanol–water partition coefficient (Wildman–Crippen LogP) is 4.46. The maximum Gasteiger partial charge on any atom is 0.120 e. The Kier molecular flexibility index (Phi) is 5.29. The van der Waals surface area contributed by atoms with Crippen LogP contribution >= 0.6 is 0 Å². The Bertz CT molecular complexity index is 998. The summed E-state index contributed by atoms with van der Waals surface area (Å²) in [5.41, 5.74) is 3.69. The Morgan fingerprint density at radius 2 is 1.48 bits per heavy atom. The van der Waals surface area contributed by atoms with Crippen molar-refractivity contribution in [1.82, 2.24) is 0 Å². The average Bonchev–Trinajstić information content (AvgIpc) is 2.66. The van der Waals surface area contributed by atoms with Crippen LogP contribution in [0.15, 0.2) is 60.7 Å². The molecule has 0 heterocycles. The number of hydrogen-bond donors (Lipinski definition) is 4. The molecule has 5 heteroatoms. The largest absolute Gasteiger partial charge is 0.508 e. The van der Waals surface area contributed by atoms with Crippen molar-refractivity contribution >= 4 is 17.8 Å². The van der Waals surface area contributed by atoms with Gasteiger partial charge in [0, 0.05) is 23.9 Å². The number of phenols is 3. The summed E-state index contributed by atoms with van der Waals surface area (Å²) in [6, 6.07) is 18.9. The summed E-state index contributed by atoms with van der Waals surface area (Å²) in [5, 5.41) is 41.0. The number of nitriles is 1. The molecule has 0 saturated heterocycles. The van der Waals surface area contributed by atoms with Gasteiger partial charge in [-0.15, -0.1) is 0 Å². The van der Waals surface area contributed by atoms with Crippen molar-refractivity contribution in [3.05, 3.63) is 82.9 Å². The molecule has 3 aromatic rings. The Labute approximate surface area is 157 Å². The Morgan fingerprint density at radius 1 is 0.815 bits per heavy atom. The van der Waals surface area contributed by atoms with E-state index in [-0.39, 0.29) is 17.2 Å². The third-order valence-corrected chi connectivity index (χ3v) is 4.00. The SMILES string of the molecule is N#Cc1ccc(O)c(CNc2ccc(/C=C/c3cc(O)cc(O)c3)cc2)c1. The molecule has 0 spiro atoms. The van der Waals surface area contributed by atoms with Crippen LogP contribution < -0.4 is 5.32 Å². The predicted molar refractivity (Wildman–Crippen MR) is 105 cm³/mol. The lowest BCUT2D eigenvalue weighted by atomic mass is 10.1. The summed E-state index contributed by atoms with van der Waals surface area (Å²) in [6.45, 7) is 0.402. The Morgan fingerprint density at radius 3 is 2.15 bits per heavy atom. The van der Waals surface area contributed by atoms with E-state index >= 15 is 0 Å². The van der Waals surface area contributed by atoms with Crippen LogP contribution in [0, 0.1) is 11.3 Å². The number of nitrogens with one attached hydrogen (secondary N) is 1. The standard InChI is InChI=1S/C22H18N2O3/c23-13-17-5-8-22(27)18(9-17)14-24-19-6-3-15(4-7-19)1-2-16-10-20(25)12-21(26)11-16/h1-12,24-27H,14H2/b2-1+. The van der Waals surface area contributed by atoms with Crippen molar-refractivity contribution in [3.63, 3.8) is 0 Å². The second-order valence-corrected chi connectivity index (χ2v) is 6.05. The summed E-state index contributed by atoms with van der Waals surface area (Å²) in [5.74, 6) is 0.172. The van der Waals surface area contributed by atoms with E-state index in [0.29, 0.717) is 23.2 Å². The molecule has 0 amide bonds. The van der Waals surface area contributed by atoms with E-state index in [1.54, 1.807) is 30.3 Å². The molecule has 3 rings (SSSR count). The smallest absolute Gasteiger partial charge is 0.120 e. The van der Waals surface area contributed by atoms with Gasteiger partial charge in [-0.1, -0.05) is 24.3 Å². The van der Waals surface area contributed by atoms with Crippen LogP contribution in [-0.2, 0) is 6.54 Å². The molecule has 0 fully saturated rings. The first kappa shape index (κ1) is 17.9. The van der Waals surface area contributed by atoms with Crippen LogP contribution in [0.2, 0.25) is 0 Å². The van der Waals surface area contributed by atoms with E-state index in [1.165, 1.54) is 12.1 Å². The van der Waals surface area contributed by atoms with Crippen LogP contribution in [0.4, 0.5) is 5.69 Å². The van der Waals surface area contributed by atoms with Crippen molar-refractivity contribution in [3.8, 4) is 23.3 Å². The van der Waals surface area contributed by atoms with Crippen molar-refractivity contribution in [2.45, 2.75) is 6.54 Å². The van der Waals surface area contributed by atoms with Gasteiger partial charge in [0.15, 0.2) is 0 Å².